The van der Waals surface area contributed by atoms with Crippen molar-refractivity contribution in [1.29, 1.82) is 0 Å². The summed E-state index contributed by atoms with van der Waals surface area (Å²) in [6, 6.07) is 0.943. The summed E-state index contributed by atoms with van der Waals surface area (Å²) in [6.45, 7) is 3.77. The summed E-state index contributed by atoms with van der Waals surface area (Å²) in [6.07, 6.45) is 5.92. The summed E-state index contributed by atoms with van der Waals surface area (Å²) in [5.41, 5.74) is 0. The molecular formula is C10H19N. The van der Waals surface area contributed by atoms with Gasteiger partial charge >= 0.3 is 0 Å². The molecule has 64 valence electrons. The summed E-state index contributed by atoms with van der Waals surface area (Å²) < 4.78 is 0. The van der Waals surface area contributed by atoms with E-state index in [1.165, 1.54) is 32.2 Å². The lowest BCUT2D eigenvalue weighted by atomic mass is 9.81. The zero-order chi connectivity index (χ0) is 7.84. The molecule has 3 atom stereocenters. The molecule has 1 aliphatic carbocycles. The van der Waals surface area contributed by atoms with Crippen LogP contribution in [0.4, 0.5) is 0 Å². The molecule has 1 heterocycles. The Morgan fingerprint density at radius 1 is 1.18 bits per heavy atom. The van der Waals surface area contributed by atoms with E-state index < -0.39 is 0 Å². The van der Waals surface area contributed by atoms with Gasteiger partial charge in [-0.15, -0.1) is 0 Å². The molecule has 3 unspecified atom stereocenters. The molecule has 0 radical (unpaired) electrons. The van der Waals surface area contributed by atoms with Crippen molar-refractivity contribution in [2.45, 2.75) is 38.6 Å². The highest BCUT2D eigenvalue weighted by Crippen LogP contribution is 2.38. The average molecular weight is 153 g/mol. The van der Waals surface area contributed by atoms with Gasteiger partial charge in [0.2, 0.25) is 0 Å². The maximum atomic E-state index is 2.58. The second-order valence-corrected chi connectivity index (χ2v) is 4.43. The number of fused-ring (bicyclic) bond motifs is 1. The van der Waals surface area contributed by atoms with E-state index in [2.05, 4.69) is 18.9 Å². The largest absolute Gasteiger partial charge is 0.303 e. The Bertz CT molecular complexity index is 128. The third kappa shape index (κ3) is 1.20. The maximum absolute atomic E-state index is 2.58. The van der Waals surface area contributed by atoms with Crippen molar-refractivity contribution in [3.8, 4) is 0 Å². The van der Waals surface area contributed by atoms with E-state index in [4.69, 9.17) is 0 Å². The Kier molecular flexibility index (Phi) is 1.92. The monoisotopic (exact) mass is 153 g/mol. The Morgan fingerprint density at radius 2 is 1.91 bits per heavy atom. The molecule has 0 bridgehead atoms. The fraction of sp³-hybridized carbons (Fsp3) is 1.00. The normalized spacial score (nSPS) is 45.8. The smallest absolute Gasteiger partial charge is 0.0124 e. The summed E-state index contributed by atoms with van der Waals surface area (Å²) in [7, 11) is 2.30. The first kappa shape index (κ1) is 7.60. The standard InChI is InChI=1S/C10H19N/c1-8-7-11(2)10-6-4-3-5-9(8)10/h8-10H,3-7H2,1-2H3. The second kappa shape index (κ2) is 2.78. The molecule has 2 fully saturated rings. The van der Waals surface area contributed by atoms with Gasteiger partial charge in [-0.05, 0) is 31.7 Å². The van der Waals surface area contributed by atoms with Gasteiger partial charge < -0.3 is 4.90 Å². The first-order chi connectivity index (χ1) is 5.29. The summed E-state index contributed by atoms with van der Waals surface area (Å²) in [5, 5.41) is 0. The van der Waals surface area contributed by atoms with Crippen LogP contribution in [-0.2, 0) is 0 Å². The van der Waals surface area contributed by atoms with Crippen molar-refractivity contribution in [2.24, 2.45) is 11.8 Å². The van der Waals surface area contributed by atoms with Crippen LogP contribution < -0.4 is 0 Å². The van der Waals surface area contributed by atoms with Crippen LogP contribution in [-0.4, -0.2) is 24.5 Å². The fourth-order valence-corrected chi connectivity index (χ4v) is 3.08. The minimum atomic E-state index is 0.943. The highest BCUT2D eigenvalue weighted by molar-refractivity contribution is 4.91. The quantitative estimate of drug-likeness (QED) is 0.515. The minimum Gasteiger partial charge on any atom is -0.303 e. The Labute approximate surface area is 69.8 Å². The van der Waals surface area contributed by atoms with Crippen LogP contribution in [0.1, 0.15) is 32.6 Å². The van der Waals surface area contributed by atoms with Gasteiger partial charge in [0, 0.05) is 12.6 Å². The average Bonchev–Trinajstić information content (AvgIpc) is 2.30. The third-order valence-corrected chi connectivity index (χ3v) is 3.65. The second-order valence-electron chi connectivity index (χ2n) is 4.43. The zero-order valence-corrected chi connectivity index (χ0v) is 7.71. The van der Waals surface area contributed by atoms with E-state index in [1.807, 2.05) is 0 Å². The van der Waals surface area contributed by atoms with Crippen molar-refractivity contribution in [2.75, 3.05) is 13.6 Å². The zero-order valence-electron chi connectivity index (χ0n) is 7.71. The van der Waals surface area contributed by atoms with Crippen LogP contribution in [0.3, 0.4) is 0 Å². The van der Waals surface area contributed by atoms with E-state index in [1.54, 1.807) is 0 Å². The molecule has 1 nitrogen and oxygen atoms in total. The predicted molar refractivity (Wildman–Crippen MR) is 47.5 cm³/mol. The van der Waals surface area contributed by atoms with Crippen LogP contribution in [0.5, 0.6) is 0 Å². The van der Waals surface area contributed by atoms with Gasteiger partial charge in [-0.25, -0.2) is 0 Å². The van der Waals surface area contributed by atoms with Crippen molar-refractivity contribution < 1.29 is 0 Å². The van der Waals surface area contributed by atoms with E-state index in [0.717, 1.165) is 17.9 Å². The SMILES string of the molecule is CC1CN(C)C2CCCCC12. The Morgan fingerprint density at radius 3 is 2.64 bits per heavy atom. The first-order valence-corrected chi connectivity index (χ1v) is 4.99. The van der Waals surface area contributed by atoms with Gasteiger partial charge in [-0.1, -0.05) is 19.8 Å². The van der Waals surface area contributed by atoms with E-state index in [9.17, 15) is 0 Å². The van der Waals surface area contributed by atoms with Gasteiger partial charge in [0.15, 0.2) is 0 Å². The molecule has 0 aromatic carbocycles. The predicted octanol–water partition coefficient (Wildman–Crippen LogP) is 2.13. The highest BCUT2D eigenvalue weighted by atomic mass is 15.2. The van der Waals surface area contributed by atoms with Crippen LogP contribution in [0.15, 0.2) is 0 Å². The van der Waals surface area contributed by atoms with Crippen molar-refractivity contribution >= 4 is 0 Å². The van der Waals surface area contributed by atoms with Gasteiger partial charge in [0.1, 0.15) is 0 Å². The molecule has 2 rings (SSSR count). The third-order valence-electron chi connectivity index (χ3n) is 3.65. The minimum absolute atomic E-state index is 0.943. The lowest BCUT2D eigenvalue weighted by Crippen LogP contribution is -2.31. The summed E-state index contributed by atoms with van der Waals surface area (Å²) in [4.78, 5) is 2.58. The van der Waals surface area contributed by atoms with Crippen LogP contribution in [0.2, 0.25) is 0 Å². The number of hydrogen-bond donors (Lipinski definition) is 0. The van der Waals surface area contributed by atoms with E-state index in [-0.39, 0.29) is 0 Å². The molecule has 0 spiro atoms. The van der Waals surface area contributed by atoms with Crippen LogP contribution in [0.25, 0.3) is 0 Å². The van der Waals surface area contributed by atoms with Crippen LogP contribution >= 0.6 is 0 Å². The Hall–Kier alpha value is -0.0400. The van der Waals surface area contributed by atoms with Gasteiger partial charge in [-0.3, -0.25) is 0 Å². The first-order valence-electron chi connectivity index (χ1n) is 4.99. The van der Waals surface area contributed by atoms with Crippen molar-refractivity contribution in [3.63, 3.8) is 0 Å². The van der Waals surface area contributed by atoms with E-state index in [0.29, 0.717) is 0 Å². The maximum Gasteiger partial charge on any atom is 0.0124 e. The van der Waals surface area contributed by atoms with Crippen molar-refractivity contribution in [1.82, 2.24) is 4.90 Å². The molecule has 2 aliphatic rings. The Balaban J connectivity index is 2.07. The molecule has 0 aromatic heterocycles. The number of rotatable bonds is 0. The molecule has 1 saturated heterocycles. The fourth-order valence-electron chi connectivity index (χ4n) is 3.08. The molecule has 0 aromatic rings. The summed E-state index contributed by atoms with van der Waals surface area (Å²) in [5.74, 6) is 2.00. The lowest BCUT2D eigenvalue weighted by Gasteiger charge is -2.30. The van der Waals surface area contributed by atoms with E-state index >= 15 is 0 Å². The molecular weight excluding hydrogens is 134 g/mol. The van der Waals surface area contributed by atoms with Gasteiger partial charge in [0.25, 0.3) is 0 Å². The summed E-state index contributed by atoms with van der Waals surface area (Å²) >= 11 is 0. The van der Waals surface area contributed by atoms with Crippen LogP contribution in [0, 0.1) is 11.8 Å². The highest BCUT2D eigenvalue weighted by Gasteiger charge is 2.38. The lowest BCUT2D eigenvalue weighted by molar-refractivity contribution is 0.208. The topological polar surface area (TPSA) is 3.24 Å². The van der Waals surface area contributed by atoms with Gasteiger partial charge in [0.05, 0.1) is 0 Å². The molecule has 11 heavy (non-hydrogen) atoms. The molecule has 1 saturated carbocycles. The number of hydrogen-bond acceptors (Lipinski definition) is 1. The van der Waals surface area contributed by atoms with Crippen molar-refractivity contribution in [3.05, 3.63) is 0 Å². The van der Waals surface area contributed by atoms with Gasteiger partial charge in [-0.2, -0.15) is 0 Å². The number of likely N-dealkylation sites (tertiary alicyclic amines) is 1. The molecule has 1 heteroatoms. The number of nitrogens with zero attached hydrogens (tertiary/aromatic N) is 1. The molecule has 0 amide bonds. The molecule has 0 N–H and O–H groups in total. The molecule has 1 aliphatic heterocycles.